The van der Waals surface area contributed by atoms with Gasteiger partial charge in [0.15, 0.2) is 0 Å². The Labute approximate surface area is 110 Å². The molecule has 1 aromatic carbocycles. The number of rotatable bonds is 2. The summed E-state index contributed by atoms with van der Waals surface area (Å²) in [7, 11) is 0. The molecule has 1 aromatic heterocycles. The van der Waals surface area contributed by atoms with Crippen LogP contribution in [-0.4, -0.2) is 4.98 Å². The van der Waals surface area contributed by atoms with Crippen LogP contribution in [0.2, 0.25) is 0 Å². The second kappa shape index (κ2) is 5.47. The third-order valence-electron chi connectivity index (χ3n) is 2.60. The largest absolute Gasteiger partial charge is 0.397 e. The topological polar surface area (TPSA) is 73.9 Å². The van der Waals surface area contributed by atoms with Gasteiger partial charge in [-0.05, 0) is 30.0 Å². The normalized spacial score (nSPS) is 10.6. The van der Waals surface area contributed by atoms with E-state index < -0.39 is 0 Å². The standard InChI is InChI=1S/C13H15BrN2.H3N/c1-8(2)6-9-11(15)7-16-12-5-3-4-10(14)13(9)12;/h3-5,7-8H,6,15H2,1-2H3;1H3. The highest BCUT2D eigenvalue weighted by molar-refractivity contribution is 9.10. The lowest BCUT2D eigenvalue weighted by Gasteiger charge is -2.12. The van der Waals surface area contributed by atoms with Crippen LogP contribution < -0.4 is 11.9 Å². The molecule has 0 saturated carbocycles. The van der Waals surface area contributed by atoms with E-state index in [-0.39, 0.29) is 6.15 Å². The molecule has 0 aliphatic heterocycles. The van der Waals surface area contributed by atoms with Crippen molar-refractivity contribution in [3.05, 3.63) is 34.4 Å². The number of nitrogens with two attached hydrogens (primary N) is 1. The Hall–Kier alpha value is -1.13. The zero-order valence-corrected chi connectivity index (χ0v) is 11.8. The Bertz CT molecular complexity index is 523. The van der Waals surface area contributed by atoms with Gasteiger partial charge < -0.3 is 11.9 Å². The van der Waals surface area contributed by atoms with Crippen LogP contribution in [-0.2, 0) is 6.42 Å². The van der Waals surface area contributed by atoms with Gasteiger partial charge in [-0.3, -0.25) is 4.98 Å². The third-order valence-corrected chi connectivity index (χ3v) is 3.26. The average Bonchev–Trinajstić information content (AvgIpc) is 2.22. The summed E-state index contributed by atoms with van der Waals surface area (Å²) >= 11 is 3.58. The molecular formula is C13H18BrN3. The minimum absolute atomic E-state index is 0. The summed E-state index contributed by atoms with van der Waals surface area (Å²) < 4.78 is 1.07. The van der Waals surface area contributed by atoms with Crippen LogP contribution in [0, 0.1) is 5.92 Å². The fraction of sp³-hybridized carbons (Fsp3) is 0.308. The maximum atomic E-state index is 6.02. The molecule has 0 fully saturated rings. The SMILES string of the molecule is CC(C)Cc1c(N)cnc2cccc(Br)c12.N. The first-order chi connectivity index (χ1) is 7.59. The molecule has 0 atom stereocenters. The third kappa shape index (κ3) is 2.76. The molecule has 4 heteroatoms. The highest BCUT2D eigenvalue weighted by atomic mass is 79.9. The van der Waals surface area contributed by atoms with Crippen LogP contribution in [0.4, 0.5) is 5.69 Å². The Kier molecular flexibility index (Phi) is 4.48. The predicted molar refractivity (Wildman–Crippen MR) is 77.4 cm³/mol. The molecule has 2 aromatic rings. The minimum atomic E-state index is 0. The van der Waals surface area contributed by atoms with Crippen molar-refractivity contribution in [3.8, 4) is 0 Å². The fourth-order valence-corrected chi connectivity index (χ4v) is 2.50. The van der Waals surface area contributed by atoms with Crippen molar-refractivity contribution in [2.75, 3.05) is 5.73 Å². The number of hydrogen-bond donors (Lipinski definition) is 2. The second-order valence-electron chi connectivity index (χ2n) is 4.42. The molecule has 0 spiro atoms. The second-order valence-corrected chi connectivity index (χ2v) is 5.28. The zero-order chi connectivity index (χ0) is 11.7. The van der Waals surface area contributed by atoms with E-state index in [0.717, 1.165) is 27.5 Å². The van der Waals surface area contributed by atoms with Gasteiger partial charge in [0.25, 0.3) is 0 Å². The van der Waals surface area contributed by atoms with Crippen molar-refractivity contribution in [1.82, 2.24) is 11.1 Å². The number of benzene rings is 1. The molecule has 1 heterocycles. The number of halogens is 1. The first-order valence-corrected chi connectivity index (χ1v) is 6.20. The first kappa shape index (κ1) is 13.9. The van der Waals surface area contributed by atoms with Gasteiger partial charge in [0.05, 0.1) is 17.4 Å². The first-order valence-electron chi connectivity index (χ1n) is 5.41. The molecule has 5 N–H and O–H groups in total. The smallest absolute Gasteiger partial charge is 0.0717 e. The Balaban J connectivity index is 0.00000144. The van der Waals surface area contributed by atoms with Crippen molar-refractivity contribution in [2.24, 2.45) is 5.92 Å². The Morgan fingerprint density at radius 3 is 2.71 bits per heavy atom. The molecule has 0 unspecified atom stereocenters. The van der Waals surface area contributed by atoms with Gasteiger partial charge in [-0.2, -0.15) is 0 Å². The van der Waals surface area contributed by atoms with Gasteiger partial charge in [0.1, 0.15) is 0 Å². The highest BCUT2D eigenvalue weighted by Gasteiger charge is 2.10. The lowest BCUT2D eigenvalue weighted by molar-refractivity contribution is 0.651. The molecule has 0 bridgehead atoms. The van der Waals surface area contributed by atoms with E-state index in [4.69, 9.17) is 5.73 Å². The molecule has 3 nitrogen and oxygen atoms in total. The Morgan fingerprint density at radius 1 is 1.35 bits per heavy atom. The summed E-state index contributed by atoms with van der Waals surface area (Å²) in [5.74, 6) is 0.583. The summed E-state index contributed by atoms with van der Waals surface area (Å²) in [4.78, 5) is 4.35. The van der Waals surface area contributed by atoms with Crippen molar-refractivity contribution >= 4 is 32.5 Å². The minimum Gasteiger partial charge on any atom is -0.397 e. The van der Waals surface area contributed by atoms with E-state index in [9.17, 15) is 0 Å². The lowest BCUT2D eigenvalue weighted by atomic mass is 9.98. The molecular weight excluding hydrogens is 278 g/mol. The number of nitrogen functional groups attached to an aromatic ring is 1. The van der Waals surface area contributed by atoms with Gasteiger partial charge in [-0.25, -0.2) is 0 Å². The maximum Gasteiger partial charge on any atom is 0.0717 e. The average molecular weight is 296 g/mol. The van der Waals surface area contributed by atoms with Crippen molar-refractivity contribution < 1.29 is 0 Å². The molecule has 2 rings (SSSR count). The molecule has 0 saturated heterocycles. The molecule has 92 valence electrons. The van der Waals surface area contributed by atoms with E-state index in [1.165, 1.54) is 5.56 Å². The number of fused-ring (bicyclic) bond motifs is 1. The molecule has 0 aliphatic carbocycles. The van der Waals surface area contributed by atoms with Crippen LogP contribution in [0.5, 0.6) is 0 Å². The summed E-state index contributed by atoms with van der Waals surface area (Å²) in [5, 5.41) is 1.15. The summed E-state index contributed by atoms with van der Waals surface area (Å²) in [5.41, 5.74) is 9.01. The summed E-state index contributed by atoms with van der Waals surface area (Å²) in [6.45, 7) is 4.39. The van der Waals surface area contributed by atoms with Gasteiger partial charge in [0, 0.05) is 9.86 Å². The van der Waals surface area contributed by atoms with E-state index >= 15 is 0 Å². The number of nitrogens with zero attached hydrogens (tertiary/aromatic N) is 1. The van der Waals surface area contributed by atoms with E-state index in [1.807, 2.05) is 18.2 Å². The number of hydrogen-bond acceptors (Lipinski definition) is 3. The fourth-order valence-electron chi connectivity index (χ4n) is 1.91. The molecule has 0 radical (unpaired) electrons. The van der Waals surface area contributed by atoms with Gasteiger partial charge in [-0.1, -0.05) is 35.8 Å². The molecule has 0 amide bonds. The number of aromatic nitrogens is 1. The van der Waals surface area contributed by atoms with Crippen molar-refractivity contribution in [2.45, 2.75) is 20.3 Å². The number of anilines is 1. The maximum absolute atomic E-state index is 6.02. The van der Waals surface area contributed by atoms with Crippen LogP contribution >= 0.6 is 15.9 Å². The lowest BCUT2D eigenvalue weighted by Crippen LogP contribution is -2.02. The van der Waals surface area contributed by atoms with Crippen molar-refractivity contribution in [1.29, 1.82) is 0 Å². The van der Waals surface area contributed by atoms with Crippen LogP contribution in [0.3, 0.4) is 0 Å². The molecule has 17 heavy (non-hydrogen) atoms. The highest BCUT2D eigenvalue weighted by Crippen LogP contribution is 2.30. The number of pyridine rings is 1. The van der Waals surface area contributed by atoms with Gasteiger partial charge in [-0.15, -0.1) is 0 Å². The molecule has 0 aliphatic rings. The predicted octanol–water partition coefficient (Wildman–Crippen LogP) is 3.94. The van der Waals surface area contributed by atoms with Crippen LogP contribution in [0.25, 0.3) is 10.9 Å². The monoisotopic (exact) mass is 295 g/mol. The van der Waals surface area contributed by atoms with Crippen molar-refractivity contribution in [3.63, 3.8) is 0 Å². The van der Waals surface area contributed by atoms with Crippen LogP contribution in [0.1, 0.15) is 19.4 Å². The Morgan fingerprint density at radius 2 is 2.06 bits per heavy atom. The summed E-state index contributed by atoms with van der Waals surface area (Å²) in [6, 6.07) is 6.05. The summed E-state index contributed by atoms with van der Waals surface area (Å²) in [6.07, 6.45) is 2.74. The van der Waals surface area contributed by atoms with E-state index in [2.05, 4.69) is 34.8 Å². The van der Waals surface area contributed by atoms with E-state index in [1.54, 1.807) is 6.20 Å². The van der Waals surface area contributed by atoms with Crippen LogP contribution in [0.15, 0.2) is 28.9 Å². The zero-order valence-electron chi connectivity index (χ0n) is 10.2. The van der Waals surface area contributed by atoms with Gasteiger partial charge in [0.2, 0.25) is 0 Å². The van der Waals surface area contributed by atoms with E-state index in [0.29, 0.717) is 5.92 Å². The van der Waals surface area contributed by atoms with Gasteiger partial charge >= 0.3 is 0 Å². The quantitative estimate of drug-likeness (QED) is 0.881.